The molecule has 166 valence electrons. The molecule has 0 bridgehead atoms. The number of carbonyl (C=O) groups is 2. The third kappa shape index (κ3) is 3.24. The standard InChI is InChI=1S/C26H24N4O3/c1-4-29-22-11-6-5-10-20(22)21-14-17(12-13-23(21)29)16-27-30-24(31)26(2,28-25(30)32)18-8-7-9-19(15-18)33-3/h5-16H,4H2,1-3H3,(H,28,32)/b27-16-/t26-/m0/s1. The van der Waals surface area contributed by atoms with Crippen molar-refractivity contribution in [1.82, 2.24) is 14.9 Å². The molecule has 1 fully saturated rings. The van der Waals surface area contributed by atoms with Crippen LogP contribution in [0.4, 0.5) is 4.79 Å². The fourth-order valence-corrected chi connectivity index (χ4v) is 4.48. The molecule has 33 heavy (non-hydrogen) atoms. The second-order valence-electron chi connectivity index (χ2n) is 8.19. The van der Waals surface area contributed by atoms with E-state index < -0.39 is 17.5 Å². The first-order valence-electron chi connectivity index (χ1n) is 10.8. The second-order valence-corrected chi connectivity index (χ2v) is 8.19. The van der Waals surface area contributed by atoms with E-state index in [1.54, 1.807) is 44.5 Å². The van der Waals surface area contributed by atoms with Crippen LogP contribution in [0.5, 0.6) is 5.75 Å². The van der Waals surface area contributed by atoms with E-state index in [2.05, 4.69) is 34.0 Å². The maximum absolute atomic E-state index is 13.2. The van der Waals surface area contributed by atoms with Gasteiger partial charge >= 0.3 is 6.03 Å². The number of benzene rings is 3. The van der Waals surface area contributed by atoms with Gasteiger partial charge in [-0.3, -0.25) is 4.79 Å². The Balaban J connectivity index is 1.48. The minimum atomic E-state index is -1.22. The number of hydrogen-bond acceptors (Lipinski definition) is 4. The topological polar surface area (TPSA) is 75.9 Å². The van der Waals surface area contributed by atoms with Crippen molar-refractivity contribution in [3.8, 4) is 5.75 Å². The van der Waals surface area contributed by atoms with Gasteiger partial charge in [0.2, 0.25) is 0 Å². The minimum absolute atomic E-state index is 0.444. The van der Waals surface area contributed by atoms with E-state index in [9.17, 15) is 9.59 Å². The lowest BCUT2D eigenvalue weighted by molar-refractivity contribution is -0.131. The summed E-state index contributed by atoms with van der Waals surface area (Å²) >= 11 is 0. The first kappa shape index (κ1) is 20.8. The van der Waals surface area contributed by atoms with Crippen LogP contribution < -0.4 is 10.1 Å². The summed E-state index contributed by atoms with van der Waals surface area (Å²) in [6.07, 6.45) is 1.55. The highest BCUT2D eigenvalue weighted by Gasteiger charge is 2.49. The Hall–Kier alpha value is -4.13. The van der Waals surface area contributed by atoms with Gasteiger partial charge in [-0.25, -0.2) is 4.79 Å². The number of urea groups is 1. The summed E-state index contributed by atoms with van der Waals surface area (Å²) in [6, 6.07) is 20.8. The van der Waals surface area contributed by atoms with E-state index >= 15 is 0 Å². The number of fused-ring (bicyclic) bond motifs is 3. The van der Waals surface area contributed by atoms with Gasteiger partial charge in [0.05, 0.1) is 13.3 Å². The summed E-state index contributed by atoms with van der Waals surface area (Å²) in [6.45, 7) is 4.66. The van der Waals surface area contributed by atoms with E-state index in [4.69, 9.17) is 4.74 Å². The summed E-state index contributed by atoms with van der Waals surface area (Å²) < 4.78 is 7.53. The fourth-order valence-electron chi connectivity index (χ4n) is 4.48. The average Bonchev–Trinajstić information content (AvgIpc) is 3.28. The van der Waals surface area contributed by atoms with E-state index in [0.717, 1.165) is 33.4 Å². The van der Waals surface area contributed by atoms with Crippen LogP contribution in [-0.2, 0) is 16.9 Å². The molecule has 3 amide bonds. The number of carbonyl (C=O) groups excluding carboxylic acids is 2. The smallest absolute Gasteiger partial charge is 0.346 e. The van der Waals surface area contributed by atoms with E-state index in [-0.39, 0.29) is 0 Å². The molecule has 0 spiro atoms. The number of amides is 3. The van der Waals surface area contributed by atoms with Gasteiger partial charge in [-0.1, -0.05) is 36.4 Å². The van der Waals surface area contributed by atoms with Crippen molar-refractivity contribution in [2.45, 2.75) is 25.9 Å². The van der Waals surface area contributed by atoms with Crippen molar-refractivity contribution < 1.29 is 14.3 Å². The summed E-state index contributed by atoms with van der Waals surface area (Å²) in [5.74, 6) is 0.165. The third-order valence-corrected chi connectivity index (χ3v) is 6.25. The maximum Gasteiger partial charge on any atom is 0.346 e. The van der Waals surface area contributed by atoms with Crippen molar-refractivity contribution in [1.29, 1.82) is 0 Å². The van der Waals surface area contributed by atoms with Crippen LogP contribution in [0.1, 0.15) is 25.0 Å². The molecule has 0 aliphatic carbocycles. The van der Waals surface area contributed by atoms with Crippen molar-refractivity contribution in [3.63, 3.8) is 0 Å². The molecule has 0 unspecified atom stereocenters. The van der Waals surface area contributed by atoms with Gasteiger partial charge in [-0.15, -0.1) is 5.01 Å². The third-order valence-electron chi connectivity index (χ3n) is 6.25. The summed E-state index contributed by atoms with van der Waals surface area (Å²) in [7, 11) is 1.56. The van der Waals surface area contributed by atoms with Crippen LogP contribution in [-0.4, -0.2) is 34.8 Å². The number of hydrogen-bond donors (Lipinski definition) is 1. The Kier molecular flexibility index (Phi) is 4.89. The van der Waals surface area contributed by atoms with Crippen molar-refractivity contribution in [2.75, 3.05) is 7.11 Å². The highest BCUT2D eigenvalue weighted by atomic mass is 16.5. The van der Waals surface area contributed by atoms with Crippen LogP contribution in [0.2, 0.25) is 0 Å². The van der Waals surface area contributed by atoms with E-state index in [1.807, 2.05) is 30.3 Å². The fraction of sp³-hybridized carbons (Fsp3) is 0.192. The number of nitrogens with zero attached hydrogens (tertiary/aromatic N) is 3. The highest BCUT2D eigenvalue weighted by Crippen LogP contribution is 2.32. The number of imide groups is 1. The Morgan fingerprint density at radius 3 is 2.58 bits per heavy atom. The molecule has 1 saturated heterocycles. The predicted molar refractivity (Wildman–Crippen MR) is 128 cm³/mol. The predicted octanol–water partition coefficient (Wildman–Crippen LogP) is 4.62. The molecule has 1 N–H and O–H groups in total. The van der Waals surface area contributed by atoms with Gasteiger partial charge in [0.15, 0.2) is 0 Å². The second kappa shape index (κ2) is 7.78. The normalized spacial score (nSPS) is 18.6. The van der Waals surface area contributed by atoms with Crippen LogP contribution in [0.15, 0.2) is 71.8 Å². The summed E-state index contributed by atoms with van der Waals surface area (Å²) in [4.78, 5) is 25.8. The number of aryl methyl sites for hydroxylation is 1. The quantitative estimate of drug-likeness (QED) is 0.363. The first-order chi connectivity index (χ1) is 16.0. The first-order valence-corrected chi connectivity index (χ1v) is 10.8. The molecular formula is C26H24N4O3. The molecule has 1 atom stereocenters. The summed E-state index contributed by atoms with van der Waals surface area (Å²) in [5, 5.41) is 10.2. The molecule has 5 rings (SSSR count). The van der Waals surface area contributed by atoms with Crippen LogP contribution >= 0.6 is 0 Å². The highest BCUT2D eigenvalue weighted by molar-refractivity contribution is 6.10. The van der Waals surface area contributed by atoms with E-state index in [1.165, 1.54) is 5.52 Å². The number of ether oxygens (including phenoxy) is 1. The molecule has 0 radical (unpaired) electrons. The molecule has 7 nitrogen and oxygen atoms in total. The van der Waals surface area contributed by atoms with Gasteiger partial charge in [0.25, 0.3) is 5.91 Å². The molecule has 1 aliphatic heterocycles. The lowest BCUT2D eigenvalue weighted by Crippen LogP contribution is -2.40. The summed E-state index contributed by atoms with van der Waals surface area (Å²) in [5.41, 5.74) is 2.52. The Bertz CT molecular complexity index is 1440. The van der Waals surface area contributed by atoms with Gasteiger partial charge in [0, 0.05) is 28.4 Å². The van der Waals surface area contributed by atoms with Gasteiger partial charge < -0.3 is 14.6 Å². The number of para-hydroxylation sites is 1. The van der Waals surface area contributed by atoms with Crippen molar-refractivity contribution in [2.24, 2.45) is 5.10 Å². The molecule has 2 heterocycles. The van der Waals surface area contributed by atoms with Crippen LogP contribution in [0.25, 0.3) is 21.8 Å². The number of nitrogens with one attached hydrogen (secondary N) is 1. The molecule has 0 saturated carbocycles. The monoisotopic (exact) mass is 440 g/mol. The average molecular weight is 441 g/mol. The number of rotatable bonds is 5. The maximum atomic E-state index is 13.2. The van der Waals surface area contributed by atoms with Crippen molar-refractivity contribution >= 4 is 40.0 Å². The zero-order valence-electron chi connectivity index (χ0n) is 18.7. The molecule has 1 aromatic heterocycles. The number of hydrazone groups is 1. The molecule has 4 aromatic rings. The zero-order valence-corrected chi connectivity index (χ0v) is 18.7. The van der Waals surface area contributed by atoms with Gasteiger partial charge in [-0.2, -0.15) is 5.10 Å². The minimum Gasteiger partial charge on any atom is -0.497 e. The SMILES string of the molecule is CCn1c2ccccc2c2cc(/C=N\N3C(=O)N[C@@](C)(c4cccc(OC)c4)C3=O)ccc21. The molecule has 7 heteroatoms. The largest absolute Gasteiger partial charge is 0.497 e. The number of aromatic nitrogens is 1. The molecule has 3 aromatic carbocycles. The lowest BCUT2D eigenvalue weighted by atomic mass is 9.92. The molecular weight excluding hydrogens is 416 g/mol. The van der Waals surface area contributed by atoms with Crippen LogP contribution in [0.3, 0.4) is 0 Å². The van der Waals surface area contributed by atoms with Gasteiger partial charge in [-0.05, 0) is 55.3 Å². The Labute approximate surface area is 191 Å². The number of methoxy groups -OCH3 is 1. The Morgan fingerprint density at radius 1 is 1.00 bits per heavy atom. The zero-order chi connectivity index (χ0) is 23.2. The van der Waals surface area contributed by atoms with Gasteiger partial charge in [0.1, 0.15) is 11.3 Å². The van der Waals surface area contributed by atoms with Crippen molar-refractivity contribution in [3.05, 3.63) is 77.9 Å². The van der Waals surface area contributed by atoms with Crippen LogP contribution in [0, 0.1) is 0 Å². The van der Waals surface area contributed by atoms with E-state index in [0.29, 0.717) is 11.3 Å². The Morgan fingerprint density at radius 2 is 1.79 bits per heavy atom. The lowest BCUT2D eigenvalue weighted by Gasteiger charge is -2.21. The molecule has 1 aliphatic rings.